The molecule has 1 aromatic carbocycles. The van der Waals surface area contributed by atoms with Crippen molar-refractivity contribution in [3.8, 4) is 11.3 Å². The molecular formula is C12H12BrClN2O2S. The molecule has 0 N–H and O–H groups in total. The predicted octanol–water partition coefficient (Wildman–Crippen LogP) is 3.66. The number of benzene rings is 1. The summed E-state index contributed by atoms with van der Waals surface area (Å²) in [5, 5.41) is 5.03. The number of hydrogen-bond acceptors (Lipinski definition) is 3. The summed E-state index contributed by atoms with van der Waals surface area (Å²) in [7, 11) is 1.37. The second-order valence-corrected chi connectivity index (χ2v) is 6.28. The van der Waals surface area contributed by atoms with Crippen molar-refractivity contribution in [2.45, 2.75) is 13.8 Å². The van der Waals surface area contributed by atoms with Gasteiger partial charge < -0.3 is 0 Å². The molecule has 4 nitrogen and oxygen atoms in total. The lowest BCUT2D eigenvalue weighted by atomic mass is 10.1. The normalized spacial score (nSPS) is 12.7. The van der Waals surface area contributed by atoms with Crippen molar-refractivity contribution in [1.29, 1.82) is 0 Å². The highest BCUT2D eigenvalue weighted by Crippen LogP contribution is 2.32. The highest BCUT2D eigenvalue weighted by molar-refractivity contribution is 9.10. The molecule has 1 unspecified atom stereocenters. The molecule has 0 radical (unpaired) electrons. The van der Waals surface area contributed by atoms with Crippen LogP contribution < -0.4 is 0 Å². The zero-order valence-corrected chi connectivity index (χ0v) is 13.8. The van der Waals surface area contributed by atoms with Crippen LogP contribution in [-0.4, -0.2) is 20.5 Å². The summed E-state index contributed by atoms with van der Waals surface area (Å²) in [6.07, 6.45) is 0. The summed E-state index contributed by atoms with van der Waals surface area (Å²) in [5.41, 5.74) is 3.32. The van der Waals surface area contributed by atoms with Gasteiger partial charge in [-0.3, -0.25) is 4.18 Å². The van der Waals surface area contributed by atoms with Crippen molar-refractivity contribution in [2.75, 3.05) is 7.11 Å². The number of aromatic nitrogens is 2. The summed E-state index contributed by atoms with van der Waals surface area (Å²) < 4.78 is 18.6. The number of aryl methyl sites for hydroxylation is 1. The topological polar surface area (TPSA) is 44.1 Å². The minimum absolute atomic E-state index is 0.705. The number of rotatable bonds is 3. The van der Waals surface area contributed by atoms with Crippen LogP contribution in [0.3, 0.4) is 0 Å². The Morgan fingerprint density at radius 2 is 2.11 bits per heavy atom. The Kier molecular flexibility index (Phi) is 4.45. The van der Waals surface area contributed by atoms with Gasteiger partial charge in [-0.05, 0) is 47.5 Å². The first-order valence-electron chi connectivity index (χ1n) is 5.44. The summed E-state index contributed by atoms with van der Waals surface area (Å²) >= 11 is 7.86. The second-order valence-electron chi connectivity index (χ2n) is 3.97. The molecule has 0 amide bonds. The molecule has 1 atom stereocenters. The lowest BCUT2D eigenvalue weighted by Gasteiger charge is -2.02. The fraction of sp³-hybridized carbons (Fsp3) is 0.250. The highest BCUT2D eigenvalue weighted by Gasteiger charge is 2.18. The first-order chi connectivity index (χ1) is 8.95. The Morgan fingerprint density at radius 3 is 2.68 bits per heavy atom. The third kappa shape index (κ3) is 2.76. The van der Waals surface area contributed by atoms with E-state index in [1.54, 1.807) is 0 Å². The van der Waals surface area contributed by atoms with E-state index in [-0.39, 0.29) is 0 Å². The quantitative estimate of drug-likeness (QED) is 0.836. The van der Waals surface area contributed by atoms with Gasteiger partial charge in [0.2, 0.25) is 0 Å². The Labute approximate surface area is 127 Å². The molecule has 0 aliphatic heterocycles. The van der Waals surface area contributed by atoms with Crippen LogP contribution in [0.2, 0.25) is 5.02 Å². The minimum Gasteiger partial charge on any atom is -0.276 e. The molecule has 0 spiro atoms. The van der Waals surface area contributed by atoms with Gasteiger partial charge in [0.15, 0.2) is 0 Å². The van der Waals surface area contributed by atoms with Gasteiger partial charge in [0.1, 0.15) is 5.69 Å². The van der Waals surface area contributed by atoms with E-state index in [1.807, 2.05) is 32.0 Å². The fourth-order valence-corrected chi connectivity index (χ4v) is 2.97. The molecule has 7 heteroatoms. The molecule has 2 rings (SSSR count). The number of nitrogens with zero attached hydrogens (tertiary/aromatic N) is 2. The summed E-state index contributed by atoms with van der Waals surface area (Å²) in [6.45, 7) is 3.75. The van der Waals surface area contributed by atoms with E-state index in [1.165, 1.54) is 11.2 Å². The van der Waals surface area contributed by atoms with Gasteiger partial charge >= 0.3 is 0 Å². The Hall–Kier alpha value is -0.690. The maximum atomic E-state index is 11.7. The van der Waals surface area contributed by atoms with E-state index in [0.29, 0.717) is 10.7 Å². The molecule has 19 heavy (non-hydrogen) atoms. The Bertz CT molecular complexity index is 657. The monoisotopic (exact) mass is 362 g/mol. The molecule has 1 heterocycles. The molecule has 1 aromatic heterocycles. The molecule has 0 saturated heterocycles. The van der Waals surface area contributed by atoms with Crippen LogP contribution in [0.5, 0.6) is 0 Å². The third-order valence-electron chi connectivity index (χ3n) is 2.72. The van der Waals surface area contributed by atoms with Gasteiger partial charge in [0.05, 0.1) is 17.3 Å². The van der Waals surface area contributed by atoms with Crippen molar-refractivity contribution >= 4 is 38.8 Å². The van der Waals surface area contributed by atoms with E-state index >= 15 is 0 Å². The standard InChI is InChI=1S/C12H12BrClN2O2S/c1-7-6-9(4-5-10(7)14)12-11(13)8(2)16(15-12)19(17)18-3/h4-6H,1-3H3. The van der Waals surface area contributed by atoms with Gasteiger partial charge in [-0.1, -0.05) is 17.7 Å². The average Bonchev–Trinajstić information content (AvgIpc) is 2.69. The van der Waals surface area contributed by atoms with Gasteiger partial charge in [-0.2, -0.15) is 9.19 Å². The van der Waals surface area contributed by atoms with Gasteiger partial charge in [0.25, 0.3) is 11.3 Å². The molecule has 102 valence electrons. The second kappa shape index (κ2) is 5.75. The smallest absolute Gasteiger partial charge is 0.276 e. The zero-order chi connectivity index (χ0) is 14.2. The molecular weight excluding hydrogens is 352 g/mol. The van der Waals surface area contributed by atoms with Gasteiger partial charge in [-0.15, -0.1) is 0 Å². The van der Waals surface area contributed by atoms with E-state index in [0.717, 1.165) is 21.3 Å². The molecule has 0 bridgehead atoms. The van der Waals surface area contributed by atoms with E-state index < -0.39 is 11.3 Å². The van der Waals surface area contributed by atoms with Crippen LogP contribution in [-0.2, 0) is 15.4 Å². The largest absolute Gasteiger partial charge is 0.285 e. The Balaban J connectivity index is 2.57. The zero-order valence-electron chi connectivity index (χ0n) is 10.6. The van der Waals surface area contributed by atoms with Crippen molar-refractivity contribution < 1.29 is 8.39 Å². The summed E-state index contributed by atoms with van der Waals surface area (Å²) in [5.74, 6) is 0. The van der Waals surface area contributed by atoms with E-state index in [2.05, 4.69) is 21.0 Å². The van der Waals surface area contributed by atoms with Crippen LogP contribution in [0.15, 0.2) is 22.7 Å². The van der Waals surface area contributed by atoms with E-state index in [9.17, 15) is 4.21 Å². The number of hydrogen-bond donors (Lipinski definition) is 0. The minimum atomic E-state index is -1.63. The van der Waals surface area contributed by atoms with Crippen molar-refractivity contribution in [3.63, 3.8) is 0 Å². The van der Waals surface area contributed by atoms with Crippen LogP contribution in [0.4, 0.5) is 0 Å². The molecule has 0 aliphatic rings. The van der Waals surface area contributed by atoms with E-state index in [4.69, 9.17) is 15.8 Å². The van der Waals surface area contributed by atoms with Crippen LogP contribution in [0, 0.1) is 13.8 Å². The SMILES string of the molecule is COS(=O)n1nc(-c2ccc(Cl)c(C)c2)c(Br)c1C. The van der Waals surface area contributed by atoms with Crippen LogP contribution >= 0.6 is 27.5 Å². The first kappa shape index (κ1) is 14.7. The lowest BCUT2D eigenvalue weighted by Crippen LogP contribution is -2.09. The molecule has 2 aromatic rings. The molecule has 0 saturated carbocycles. The maximum absolute atomic E-state index is 11.7. The first-order valence-corrected chi connectivity index (χ1v) is 7.64. The third-order valence-corrected chi connectivity index (χ3v) is 5.02. The van der Waals surface area contributed by atoms with Crippen molar-refractivity contribution in [1.82, 2.24) is 9.19 Å². The summed E-state index contributed by atoms with van der Waals surface area (Å²) in [6, 6.07) is 5.64. The average molecular weight is 364 g/mol. The molecule has 0 fully saturated rings. The predicted molar refractivity (Wildman–Crippen MR) is 80.4 cm³/mol. The maximum Gasteiger partial charge on any atom is 0.285 e. The van der Waals surface area contributed by atoms with Gasteiger partial charge in [0, 0.05) is 10.6 Å². The molecule has 0 aliphatic carbocycles. The van der Waals surface area contributed by atoms with Crippen LogP contribution in [0.1, 0.15) is 11.3 Å². The number of halogens is 2. The highest BCUT2D eigenvalue weighted by atomic mass is 79.9. The van der Waals surface area contributed by atoms with Gasteiger partial charge in [-0.25, -0.2) is 4.21 Å². The van der Waals surface area contributed by atoms with Crippen molar-refractivity contribution in [2.24, 2.45) is 0 Å². The lowest BCUT2D eigenvalue weighted by molar-refractivity contribution is 0.434. The van der Waals surface area contributed by atoms with Crippen LogP contribution in [0.25, 0.3) is 11.3 Å². The summed E-state index contributed by atoms with van der Waals surface area (Å²) in [4.78, 5) is 0. The Morgan fingerprint density at radius 1 is 1.42 bits per heavy atom. The fourth-order valence-electron chi connectivity index (χ4n) is 1.66. The van der Waals surface area contributed by atoms with Crippen molar-refractivity contribution in [3.05, 3.63) is 39.0 Å².